The van der Waals surface area contributed by atoms with Crippen LogP contribution in [0, 0.1) is 0 Å². The topological polar surface area (TPSA) is 175 Å². The number of rotatable bonds is 52. The molecule has 12 heteroatoms. The average molecular weight is 1010 g/mol. The van der Waals surface area contributed by atoms with Crippen LogP contribution in [-0.2, 0) is 42.9 Å². The van der Waals surface area contributed by atoms with Crippen LogP contribution < -0.4 is 0 Å². The number of aliphatic hydroxyl groups is 2. The molecule has 0 radical (unpaired) electrons. The van der Waals surface area contributed by atoms with Crippen molar-refractivity contribution in [2.75, 3.05) is 13.2 Å². The minimum Gasteiger partial charge on any atom is -0.479 e. The highest BCUT2D eigenvalue weighted by molar-refractivity contribution is 5.74. The Morgan fingerprint density at radius 3 is 1.06 bits per heavy atom. The Balaban J connectivity index is 2.61. The molecule has 0 aromatic carbocycles. The lowest BCUT2D eigenvalue weighted by Crippen LogP contribution is -2.61. The Morgan fingerprint density at radius 1 is 0.408 bits per heavy atom. The van der Waals surface area contributed by atoms with Crippen LogP contribution in [0.5, 0.6) is 0 Å². The maximum Gasteiger partial charge on any atom is 0.335 e. The van der Waals surface area contributed by atoms with Crippen molar-refractivity contribution in [3.63, 3.8) is 0 Å². The molecule has 71 heavy (non-hydrogen) atoms. The third-order valence-electron chi connectivity index (χ3n) is 14.2. The number of carboxylic acids is 1. The zero-order valence-corrected chi connectivity index (χ0v) is 46.0. The highest BCUT2D eigenvalue weighted by Crippen LogP contribution is 2.27. The molecule has 12 nitrogen and oxygen atoms in total. The predicted octanol–water partition coefficient (Wildman–Crippen LogP) is 15.1. The van der Waals surface area contributed by atoms with E-state index in [4.69, 9.17) is 23.7 Å². The number of unbranched alkanes of at least 4 members (excludes halogenated alkanes) is 38. The Bertz CT molecular complexity index is 1250. The first-order valence-electron chi connectivity index (χ1n) is 30.0. The molecule has 0 spiro atoms. The minimum atomic E-state index is -1.89. The van der Waals surface area contributed by atoms with Crippen molar-refractivity contribution >= 4 is 23.9 Å². The number of aliphatic carboxylic acids is 1. The zero-order chi connectivity index (χ0) is 51.8. The summed E-state index contributed by atoms with van der Waals surface area (Å²) < 4.78 is 28.4. The molecule has 0 aromatic heterocycles. The fourth-order valence-corrected chi connectivity index (χ4v) is 9.55. The number of aliphatic hydroxyl groups excluding tert-OH is 2. The van der Waals surface area contributed by atoms with Crippen molar-refractivity contribution in [2.45, 2.75) is 340 Å². The van der Waals surface area contributed by atoms with Crippen LogP contribution in [-0.4, -0.2) is 89.2 Å². The minimum absolute atomic E-state index is 0.0696. The molecule has 0 amide bonds. The van der Waals surface area contributed by atoms with Gasteiger partial charge in [-0.15, -0.1) is 0 Å². The number of hydrogen-bond acceptors (Lipinski definition) is 11. The average Bonchev–Trinajstić information content (AvgIpc) is 3.35. The van der Waals surface area contributed by atoms with E-state index in [9.17, 15) is 34.5 Å². The number of carboxylic acid groups (broad SMARTS) is 1. The molecule has 1 aliphatic heterocycles. The van der Waals surface area contributed by atoms with Gasteiger partial charge in [0.1, 0.15) is 18.8 Å². The Hall–Kier alpha value is -2.28. The number of ether oxygens (including phenoxy) is 5. The van der Waals surface area contributed by atoms with Gasteiger partial charge in [-0.2, -0.15) is 0 Å². The number of carbonyl (C=O) groups excluding carboxylic acids is 3. The molecule has 6 unspecified atom stereocenters. The van der Waals surface area contributed by atoms with Gasteiger partial charge in [-0.3, -0.25) is 14.4 Å². The van der Waals surface area contributed by atoms with Gasteiger partial charge in [0.2, 0.25) is 0 Å². The van der Waals surface area contributed by atoms with Crippen LogP contribution in [0.3, 0.4) is 0 Å². The van der Waals surface area contributed by atoms with E-state index in [1.807, 2.05) is 0 Å². The Morgan fingerprint density at radius 2 is 0.718 bits per heavy atom. The van der Waals surface area contributed by atoms with Gasteiger partial charge in [-0.25, -0.2) is 4.79 Å². The first kappa shape index (κ1) is 66.7. The molecular formula is C59H110O12. The van der Waals surface area contributed by atoms with Crippen LogP contribution >= 0.6 is 0 Å². The lowest BCUT2D eigenvalue weighted by Gasteiger charge is -2.40. The number of esters is 3. The van der Waals surface area contributed by atoms with Gasteiger partial charge >= 0.3 is 23.9 Å². The summed E-state index contributed by atoms with van der Waals surface area (Å²) in [5, 5.41) is 31.4. The van der Waals surface area contributed by atoms with E-state index in [1.165, 1.54) is 186 Å². The third kappa shape index (κ3) is 38.9. The van der Waals surface area contributed by atoms with E-state index in [0.29, 0.717) is 19.3 Å². The fourth-order valence-electron chi connectivity index (χ4n) is 9.55. The van der Waals surface area contributed by atoms with Crippen LogP contribution in [0.2, 0.25) is 0 Å². The quantitative estimate of drug-likeness (QED) is 0.0299. The standard InChI is InChI=1S/C59H110O12/c1-4-7-10-13-16-19-22-23-24-25-26-27-28-29-32-33-36-39-42-45-51(60)67-48-50(69-52(61)46-43-40-37-34-30-20-17-14-11-8-5-2)49-68-59-57(55(64)54(63)56(71-59)58(65)66)70-53(62)47-44-41-38-35-31-21-18-15-12-9-6-3/h50,54-57,59,63-64H,4-49H2,1-3H3,(H,65,66). The highest BCUT2D eigenvalue weighted by Gasteiger charge is 2.50. The van der Waals surface area contributed by atoms with E-state index in [0.717, 1.165) is 57.8 Å². The second-order valence-corrected chi connectivity index (χ2v) is 21.0. The summed E-state index contributed by atoms with van der Waals surface area (Å²) in [7, 11) is 0. The summed E-state index contributed by atoms with van der Waals surface area (Å²) in [6, 6.07) is 0. The molecule has 418 valence electrons. The second kappa shape index (κ2) is 48.6. The molecule has 1 aliphatic rings. The van der Waals surface area contributed by atoms with Crippen LogP contribution in [0.15, 0.2) is 0 Å². The van der Waals surface area contributed by atoms with Gasteiger partial charge in [-0.1, -0.05) is 265 Å². The predicted molar refractivity (Wildman–Crippen MR) is 285 cm³/mol. The van der Waals surface area contributed by atoms with Crippen molar-refractivity contribution in [2.24, 2.45) is 0 Å². The van der Waals surface area contributed by atoms with Crippen LogP contribution in [0.1, 0.15) is 303 Å². The van der Waals surface area contributed by atoms with Gasteiger partial charge in [0.05, 0.1) is 6.61 Å². The summed E-state index contributed by atoms with van der Waals surface area (Å²) >= 11 is 0. The molecule has 0 bridgehead atoms. The van der Waals surface area contributed by atoms with Gasteiger partial charge < -0.3 is 39.0 Å². The summed E-state index contributed by atoms with van der Waals surface area (Å²) in [6.45, 7) is 6.01. The van der Waals surface area contributed by atoms with Gasteiger partial charge in [0, 0.05) is 19.3 Å². The lowest BCUT2D eigenvalue weighted by molar-refractivity contribution is -0.301. The third-order valence-corrected chi connectivity index (χ3v) is 14.2. The van der Waals surface area contributed by atoms with Crippen molar-refractivity contribution in [1.29, 1.82) is 0 Å². The van der Waals surface area contributed by atoms with Gasteiger partial charge in [-0.05, 0) is 19.3 Å². The summed E-state index contributed by atoms with van der Waals surface area (Å²) in [6.07, 6.45) is 39.4. The molecule has 1 rings (SSSR count). The fraction of sp³-hybridized carbons (Fsp3) is 0.932. The lowest BCUT2D eigenvalue weighted by atomic mass is 9.98. The second-order valence-electron chi connectivity index (χ2n) is 21.0. The molecule has 3 N–H and O–H groups in total. The molecule has 1 saturated heterocycles. The van der Waals surface area contributed by atoms with Crippen molar-refractivity contribution in [1.82, 2.24) is 0 Å². The summed E-state index contributed by atoms with van der Waals surface area (Å²) in [5.74, 6) is -3.07. The molecule has 1 fully saturated rings. The van der Waals surface area contributed by atoms with Crippen molar-refractivity contribution in [3.8, 4) is 0 Å². The number of carbonyl (C=O) groups is 4. The van der Waals surface area contributed by atoms with Crippen molar-refractivity contribution < 1.29 is 58.2 Å². The van der Waals surface area contributed by atoms with Gasteiger partial charge in [0.15, 0.2) is 24.6 Å². The van der Waals surface area contributed by atoms with E-state index in [-0.39, 0.29) is 25.9 Å². The molecule has 1 heterocycles. The van der Waals surface area contributed by atoms with E-state index < -0.39 is 67.3 Å². The molecule has 6 atom stereocenters. The summed E-state index contributed by atoms with van der Waals surface area (Å²) in [5.41, 5.74) is 0. The number of hydrogen-bond donors (Lipinski definition) is 3. The molecule has 0 aliphatic carbocycles. The monoisotopic (exact) mass is 1010 g/mol. The molecular weight excluding hydrogens is 901 g/mol. The largest absolute Gasteiger partial charge is 0.479 e. The van der Waals surface area contributed by atoms with Gasteiger partial charge in [0.25, 0.3) is 0 Å². The maximum atomic E-state index is 13.1. The molecule has 0 saturated carbocycles. The van der Waals surface area contributed by atoms with Crippen LogP contribution in [0.25, 0.3) is 0 Å². The maximum absolute atomic E-state index is 13.1. The molecule has 0 aromatic rings. The smallest absolute Gasteiger partial charge is 0.335 e. The summed E-state index contributed by atoms with van der Waals surface area (Å²) in [4.78, 5) is 51.0. The van der Waals surface area contributed by atoms with Crippen LogP contribution in [0.4, 0.5) is 0 Å². The Kier molecular flexibility index (Phi) is 45.7. The Labute approximate surface area is 433 Å². The highest BCUT2D eigenvalue weighted by atomic mass is 16.7. The SMILES string of the molecule is CCCCCCCCCCCCCCCCCCCCCC(=O)OCC(COC1OC(C(=O)O)C(O)C(O)C1OC(=O)CCCCCCCCCCCCC)OC(=O)CCCCCCCCCCCCC. The van der Waals surface area contributed by atoms with E-state index in [2.05, 4.69) is 20.8 Å². The normalized spacial score (nSPS) is 18.4. The van der Waals surface area contributed by atoms with E-state index in [1.54, 1.807) is 0 Å². The zero-order valence-electron chi connectivity index (χ0n) is 46.0. The van der Waals surface area contributed by atoms with Crippen molar-refractivity contribution in [3.05, 3.63) is 0 Å². The van der Waals surface area contributed by atoms with E-state index >= 15 is 0 Å². The first-order valence-corrected chi connectivity index (χ1v) is 30.0. The first-order chi connectivity index (χ1) is 34.6.